The van der Waals surface area contributed by atoms with E-state index in [0.29, 0.717) is 5.56 Å². The lowest BCUT2D eigenvalue weighted by atomic mass is 9.45. The molecule has 0 radical (unpaired) electrons. The van der Waals surface area contributed by atoms with Crippen LogP contribution in [0.3, 0.4) is 0 Å². The maximum Gasteiger partial charge on any atom is 0.277 e. The van der Waals surface area contributed by atoms with Gasteiger partial charge in [-0.05, 0) is 66.8 Å². The van der Waals surface area contributed by atoms with Crippen LogP contribution in [0.4, 0.5) is 0 Å². The van der Waals surface area contributed by atoms with E-state index in [0.717, 1.165) is 5.22 Å². The number of rotatable bonds is 2. The molecule has 0 N–H and O–H groups in total. The van der Waals surface area contributed by atoms with E-state index in [-0.39, 0.29) is 27.6 Å². The topological polar surface area (TPSA) is 29.5 Å². The van der Waals surface area contributed by atoms with Gasteiger partial charge in [0.25, 0.3) is 5.91 Å². The van der Waals surface area contributed by atoms with Gasteiger partial charge in [0, 0.05) is 23.4 Å². The standard InChI is InChI=1S/C33H39NO2/c1-30(2,3)23-16-21-12-13-22-17-24(31(4,5)6)19-28-26-15-20(29(35)34(9)36-10)11-14-25(26)27(18-23)32(21,7)33(22,28)8/h11-19H,1-10H3/t32-,33-/m0/s1. The van der Waals surface area contributed by atoms with Crippen molar-refractivity contribution in [3.63, 3.8) is 0 Å². The first-order chi connectivity index (χ1) is 16.6. The van der Waals surface area contributed by atoms with E-state index in [4.69, 9.17) is 4.84 Å². The molecule has 1 amide bonds. The van der Waals surface area contributed by atoms with Crippen LogP contribution in [0.5, 0.6) is 0 Å². The molecular weight excluding hydrogens is 442 g/mol. The Bertz CT molecular complexity index is 1480. The van der Waals surface area contributed by atoms with Gasteiger partial charge in [0.15, 0.2) is 0 Å². The summed E-state index contributed by atoms with van der Waals surface area (Å²) < 4.78 is 0. The number of carbonyl (C=O) groups excluding carboxylic acids is 1. The van der Waals surface area contributed by atoms with Gasteiger partial charge in [-0.3, -0.25) is 9.63 Å². The van der Waals surface area contributed by atoms with Crippen LogP contribution in [-0.4, -0.2) is 25.1 Å². The number of hydrogen-bond acceptors (Lipinski definition) is 2. The largest absolute Gasteiger partial charge is 0.277 e. The summed E-state index contributed by atoms with van der Waals surface area (Å²) in [6, 6.07) is 6.19. The summed E-state index contributed by atoms with van der Waals surface area (Å²) in [6.07, 6.45) is 14.3. The van der Waals surface area contributed by atoms with Crippen LogP contribution in [0.1, 0.15) is 65.7 Å². The second-order valence-corrected chi connectivity index (χ2v) is 13.1. The fourth-order valence-corrected chi connectivity index (χ4v) is 6.30. The maximum atomic E-state index is 13.1. The molecule has 0 unspecified atom stereocenters. The summed E-state index contributed by atoms with van der Waals surface area (Å²) in [4.78, 5) is 18.3. The zero-order valence-electron chi connectivity index (χ0n) is 23.5. The highest BCUT2D eigenvalue weighted by atomic mass is 16.7. The zero-order valence-corrected chi connectivity index (χ0v) is 23.5. The Morgan fingerprint density at radius 3 is 1.69 bits per heavy atom. The van der Waals surface area contributed by atoms with Crippen molar-refractivity contribution in [3.8, 4) is 0 Å². The molecule has 3 nitrogen and oxygen atoms in total. The maximum absolute atomic E-state index is 13.1. The van der Waals surface area contributed by atoms with Crippen LogP contribution in [0.15, 0.2) is 76.9 Å². The third-order valence-electron chi connectivity index (χ3n) is 9.03. The lowest BCUT2D eigenvalue weighted by molar-refractivity contribution is -0.0757. The molecule has 0 fully saturated rings. The summed E-state index contributed by atoms with van der Waals surface area (Å²) >= 11 is 0. The Kier molecular flexibility index (Phi) is 5.20. The number of amides is 1. The monoisotopic (exact) mass is 481 g/mol. The minimum atomic E-state index is -0.251. The molecule has 0 bridgehead atoms. The highest BCUT2D eigenvalue weighted by molar-refractivity contribution is 5.95. The van der Waals surface area contributed by atoms with E-state index >= 15 is 0 Å². The minimum absolute atomic E-state index is 0.00587. The molecule has 0 aromatic heterocycles. The summed E-state index contributed by atoms with van der Waals surface area (Å²) in [5.74, 6) is -0.144. The van der Waals surface area contributed by atoms with Gasteiger partial charge < -0.3 is 0 Å². The number of nitrogens with zero attached hydrogens (tertiary/aromatic N) is 1. The van der Waals surface area contributed by atoms with Gasteiger partial charge in [0.2, 0.25) is 0 Å². The Labute approximate surface area is 215 Å². The third kappa shape index (κ3) is 3.18. The number of benzene rings is 1. The Morgan fingerprint density at radius 1 is 0.778 bits per heavy atom. The highest BCUT2D eigenvalue weighted by Gasteiger charge is 2.57. The Hall–Kier alpha value is -2.91. The van der Waals surface area contributed by atoms with Crippen molar-refractivity contribution >= 4 is 17.1 Å². The lowest BCUT2D eigenvalue weighted by Gasteiger charge is -2.57. The highest BCUT2D eigenvalue weighted by Crippen LogP contribution is 2.66. The second kappa shape index (κ2) is 7.55. The van der Waals surface area contributed by atoms with Crippen molar-refractivity contribution in [1.82, 2.24) is 5.06 Å². The first kappa shape index (κ1) is 24.8. The fraction of sp³-hybridized carbons (Fsp3) is 0.424. The molecule has 4 aliphatic carbocycles. The quantitative estimate of drug-likeness (QED) is 0.482. The average molecular weight is 482 g/mol. The predicted molar refractivity (Wildman–Crippen MR) is 148 cm³/mol. The molecule has 36 heavy (non-hydrogen) atoms. The predicted octanol–water partition coefficient (Wildman–Crippen LogP) is 6.04. The minimum Gasteiger partial charge on any atom is -0.274 e. The van der Waals surface area contributed by atoms with E-state index in [1.165, 1.54) is 50.8 Å². The van der Waals surface area contributed by atoms with Crippen LogP contribution in [0, 0.1) is 21.7 Å². The summed E-state index contributed by atoms with van der Waals surface area (Å²) in [7, 11) is 3.18. The molecule has 2 atom stereocenters. The van der Waals surface area contributed by atoms with Gasteiger partial charge in [-0.15, -0.1) is 0 Å². The second-order valence-electron chi connectivity index (χ2n) is 13.1. The van der Waals surface area contributed by atoms with E-state index in [2.05, 4.69) is 104 Å². The van der Waals surface area contributed by atoms with E-state index < -0.39 is 0 Å². The van der Waals surface area contributed by atoms with E-state index in [1.54, 1.807) is 7.05 Å². The molecule has 5 rings (SSSR count). The molecule has 1 aromatic carbocycles. The van der Waals surface area contributed by atoms with Gasteiger partial charge >= 0.3 is 0 Å². The zero-order chi connectivity index (χ0) is 26.4. The van der Waals surface area contributed by atoms with Gasteiger partial charge in [-0.25, -0.2) is 5.06 Å². The summed E-state index contributed by atoms with van der Waals surface area (Å²) in [5, 5.41) is 3.66. The molecule has 0 heterocycles. The summed E-state index contributed by atoms with van der Waals surface area (Å²) in [6.45, 7) is 18.5. The van der Waals surface area contributed by atoms with Crippen LogP contribution >= 0.6 is 0 Å². The van der Waals surface area contributed by atoms with Gasteiger partial charge in [0.1, 0.15) is 0 Å². The summed E-state index contributed by atoms with van der Waals surface area (Å²) in [5.41, 5.74) is 8.19. The van der Waals surface area contributed by atoms with Gasteiger partial charge in [-0.1, -0.05) is 97.9 Å². The third-order valence-corrected chi connectivity index (χ3v) is 9.03. The number of fused-ring (bicyclic) bond motifs is 1. The van der Waals surface area contributed by atoms with Gasteiger partial charge in [-0.2, -0.15) is 0 Å². The number of carbonyl (C=O) groups is 1. The molecule has 0 spiro atoms. The molecule has 0 saturated heterocycles. The van der Waals surface area contributed by atoms with Crippen molar-refractivity contribution in [2.75, 3.05) is 14.2 Å². The van der Waals surface area contributed by atoms with Crippen molar-refractivity contribution in [1.29, 1.82) is 0 Å². The Balaban J connectivity index is 1.98. The van der Waals surface area contributed by atoms with Crippen LogP contribution in [-0.2, 0) is 4.84 Å². The molecule has 3 heteroatoms. The fourth-order valence-electron chi connectivity index (χ4n) is 6.30. The van der Waals surface area contributed by atoms with E-state index in [1.807, 2.05) is 6.07 Å². The number of allylic oxidation sites excluding steroid dienone is 10. The van der Waals surface area contributed by atoms with Crippen molar-refractivity contribution in [2.45, 2.75) is 55.4 Å². The first-order valence-electron chi connectivity index (χ1n) is 12.9. The smallest absolute Gasteiger partial charge is 0.274 e. The molecular formula is C33H39NO2. The molecule has 0 saturated carbocycles. The molecule has 0 aliphatic heterocycles. The average Bonchev–Trinajstić information content (AvgIpc) is 2.80. The normalized spacial score (nSPS) is 26.4. The van der Waals surface area contributed by atoms with Crippen molar-refractivity contribution in [3.05, 3.63) is 92.9 Å². The van der Waals surface area contributed by atoms with Crippen molar-refractivity contribution < 1.29 is 9.63 Å². The van der Waals surface area contributed by atoms with E-state index in [9.17, 15) is 4.79 Å². The molecule has 4 aliphatic rings. The van der Waals surface area contributed by atoms with Crippen LogP contribution in [0.25, 0.3) is 11.1 Å². The first-order valence-corrected chi connectivity index (χ1v) is 12.9. The molecule has 188 valence electrons. The Morgan fingerprint density at radius 2 is 1.25 bits per heavy atom. The molecule has 1 aromatic rings. The number of hydrogen-bond donors (Lipinski definition) is 0. The number of hydroxylamine groups is 2. The van der Waals surface area contributed by atoms with Gasteiger partial charge in [0.05, 0.1) is 7.11 Å². The SMILES string of the molecule is CON(C)C(=O)c1ccc2c(c1)=C1C=C(C(C)(C)C)C=C3C=CC4=CC(C(C)(C)C)=CC=2[C@@]4(C)[C@@]31C. The van der Waals surface area contributed by atoms with Crippen LogP contribution < -0.4 is 10.4 Å². The lowest BCUT2D eigenvalue weighted by Crippen LogP contribution is -2.54. The van der Waals surface area contributed by atoms with Crippen LogP contribution in [0.2, 0.25) is 0 Å². The van der Waals surface area contributed by atoms with Crippen molar-refractivity contribution in [2.24, 2.45) is 21.7 Å².